The Hall–Kier alpha value is -2.17. The molecule has 0 aliphatic rings. The number of aromatic nitrogens is 2. The third-order valence-corrected chi connectivity index (χ3v) is 2.83. The summed E-state index contributed by atoms with van der Waals surface area (Å²) in [4.78, 5) is 20.2. The van der Waals surface area contributed by atoms with E-state index in [1.54, 1.807) is 6.20 Å². The highest BCUT2D eigenvalue weighted by atomic mass is 16.1. The molecule has 1 amide bonds. The van der Waals surface area contributed by atoms with Crippen LogP contribution in [0.1, 0.15) is 20.3 Å². The molecule has 1 heterocycles. The molecule has 0 radical (unpaired) electrons. The molecule has 0 spiro atoms. The van der Waals surface area contributed by atoms with Gasteiger partial charge in [0.15, 0.2) is 0 Å². The van der Waals surface area contributed by atoms with Crippen molar-refractivity contribution in [2.45, 2.75) is 20.3 Å². The molecule has 2 N–H and O–H groups in total. The summed E-state index contributed by atoms with van der Waals surface area (Å²) >= 11 is 0. The average Bonchev–Trinajstić information content (AvgIpc) is 2.45. The molecule has 1 aromatic heterocycles. The van der Waals surface area contributed by atoms with Gasteiger partial charge in [-0.25, -0.2) is 9.97 Å². The van der Waals surface area contributed by atoms with Crippen LogP contribution in [0.25, 0.3) is 10.9 Å². The lowest BCUT2D eigenvalue weighted by Gasteiger charge is -2.08. The van der Waals surface area contributed by atoms with Crippen LogP contribution in [0.2, 0.25) is 0 Å². The number of fused-ring (bicyclic) bond motifs is 1. The topological polar surface area (TPSA) is 66.9 Å². The molecule has 0 saturated heterocycles. The van der Waals surface area contributed by atoms with Gasteiger partial charge in [-0.1, -0.05) is 32.0 Å². The number of nitrogens with zero attached hydrogens (tertiary/aromatic N) is 2. The van der Waals surface area contributed by atoms with Crippen LogP contribution in [0.3, 0.4) is 0 Å². The lowest BCUT2D eigenvalue weighted by molar-refractivity contribution is -0.120. The number of anilines is 1. The van der Waals surface area contributed by atoms with Gasteiger partial charge < -0.3 is 10.6 Å². The molecule has 2 rings (SSSR count). The summed E-state index contributed by atoms with van der Waals surface area (Å²) < 4.78 is 0. The second-order valence-electron chi connectivity index (χ2n) is 5.13. The first kappa shape index (κ1) is 14.2. The van der Waals surface area contributed by atoms with E-state index in [4.69, 9.17) is 0 Å². The molecule has 0 bridgehead atoms. The van der Waals surface area contributed by atoms with Crippen LogP contribution >= 0.6 is 0 Å². The Kier molecular flexibility index (Phi) is 4.87. The maximum absolute atomic E-state index is 11.6. The lowest BCUT2D eigenvalue weighted by Crippen LogP contribution is -2.28. The number of amides is 1. The maximum Gasteiger partial charge on any atom is 0.223 e. The molecular formula is C15H20N4O. The van der Waals surface area contributed by atoms with E-state index in [2.05, 4.69) is 34.4 Å². The molecule has 0 saturated carbocycles. The van der Waals surface area contributed by atoms with E-state index < -0.39 is 0 Å². The van der Waals surface area contributed by atoms with Gasteiger partial charge in [0.05, 0.1) is 5.52 Å². The highest BCUT2D eigenvalue weighted by molar-refractivity contribution is 5.78. The molecule has 5 nitrogen and oxygen atoms in total. The fourth-order valence-electron chi connectivity index (χ4n) is 1.75. The third kappa shape index (κ3) is 4.19. The van der Waals surface area contributed by atoms with Crippen LogP contribution in [0.4, 0.5) is 5.95 Å². The number of nitrogens with one attached hydrogen (secondary N) is 2. The van der Waals surface area contributed by atoms with Gasteiger partial charge in [-0.3, -0.25) is 4.79 Å². The summed E-state index contributed by atoms with van der Waals surface area (Å²) in [7, 11) is 0. The summed E-state index contributed by atoms with van der Waals surface area (Å²) in [6.45, 7) is 5.39. The SMILES string of the molecule is CC(C)CNC(=O)CCNc1ncc2ccccc2n1. The van der Waals surface area contributed by atoms with Crippen LogP contribution in [0.15, 0.2) is 30.5 Å². The van der Waals surface area contributed by atoms with Crippen molar-refractivity contribution in [2.24, 2.45) is 5.92 Å². The Balaban J connectivity index is 1.82. The Morgan fingerprint density at radius 3 is 2.90 bits per heavy atom. The largest absolute Gasteiger partial charge is 0.356 e. The van der Waals surface area contributed by atoms with E-state index >= 15 is 0 Å². The van der Waals surface area contributed by atoms with Crippen LogP contribution in [-0.2, 0) is 4.79 Å². The zero-order chi connectivity index (χ0) is 14.4. The van der Waals surface area contributed by atoms with Crippen molar-refractivity contribution in [3.05, 3.63) is 30.5 Å². The van der Waals surface area contributed by atoms with Crippen molar-refractivity contribution >= 4 is 22.8 Å². The van der Waals surface area contributed by atoms with Crippen LogP contribution in [0.5, 0.6) is 0 Å². The fraction of sp³-hybridized carbons (Fsp3) is 0.400. The molecule has 0 atom stereocenters. The second-order valence-corrected chi connectivity index (χ2v) is 5.13. The number of carbonyl (C=O) groups is 1. The van der Waals surface area contributed by atoms with Gasteiger partial charge in [-0.2, -0.15) is 0 Å². The standard InChI is InChI=1S/C15H20N4O/c1-11(2)9-17-14(20)7-8-16-15-18-10-12-5-3-4-6-13(12)19-15/h3-6,10-11H,7-9H2,1-2H3,(H,17,20)(H,16,18,19). The van der Waals surface area contributed by atoms with Crippen molar-refractivity contribution < 1.29 is 4.79 Å². The molecule has 20 heavy (non-hydrogen) atoms. The Bertz CT molecular complexity index is 583. The summed E-state index contributed by atoms with van der Waals surface area (Å²) in [5, 5.41) is 6.96. The molecule has 106 valence electrons. The smallest absolute Gasteiger partial charge is 0.223 e. The quantitative estimate of drug-likeness (QED) is 0.846. The van der Waals surface area contributed by atoms with E-state index in [1.165, 1.54) is 0 Å². The van der Waals surface area contributed by atoms with Crippen molar-refractivity contribution in [1.82, 2.24) is 15.3 Å². The highest BCUT2D eigenvalue weighted by Gasteiger charge is 2.03. The van der Waals surface area contributed by atoms with Gasteiger partial charge in [-0.05, 0) is 12.0 Å². The minimum atomic E-state index is 0.0481. The molecule has 0 aliphatic heterocycles. The molecular weight excluding hydrogens is 252 g/mol. The first-order valence-corrected chi connectivity index (χ1v) is 6.87. The van der Waals surface area contributed by atoms with Crippen molar-refractivity contribution in [2.75, 3.05) is 18.4 Å². The van der Waals surface area contributed by atoms with E-state index in [9.17, 15) is 4.79 Å². The fourth-order valence-corrected chi connectivity index (χ4v) is 1.75. The van der Waals surface area contributed by atoms with Crippen LogP contribution < -0.4 is 10.6 Å². The zero-order valence-electron chi connectivity index (χ0n) is 11.9. The summed E-state index contributed by atoms with van der Waals surface area (Å²) in [5.41, 5.74) is 0.897. The number of hydrogen-bond acceptors (Lipinski definition) is 4. The third-order valence-electron chi connectivity index (χ3n) is 2.83. The summed E-state index contributed by atoms with van der Waals surface area (Å²) in [5.74, 6) is 1.07. The average molecular weight is 272 g/mol. The first-order valence-electron chi connectivity index (χ1n) is 6.87. The molecule has 2 aromatic rings. The van der Waals surface area contributed by atoms with E-state index in [1.807, 2.05) is 24.3 Å². The molecule has 0 unspecified atom stereocenters. The number of rotatable bonds is 6. The minimum absolute atomic E-state index is 0.0481. The van der Waals surface area contributed by atoms with Gasteiger partial charge in [0.1, 0.15) is 0 Å². The van der Waals surface area contributed by atoms with Gasteiger partial charge in [0.25, 0.3) is 0 Å². The Morgan fingerprint density at radius 1 is 1.30 bits per heavy atom. The van der Waals surface area contributed by atoms with Crippen molar-refractivity contribution in [1.29, 1.82) is 0 Å². The van der Waals surface area contributed by atoms with Crippen molar-refractivity contribution in [3.8, 4) is 0 Å². The maximum atomic E-state index is 11.6. The Morgan fingerprint density at radius 2 is 2.10 bits per heavy atom. The molecule has 0 fully saturated rings. The van der Waals surface area contributed by atoms with Gasteiger partial charge in [0.2, 0.25) is 11.9 Å². The number of carbonyl (C=O) groups excluding carboxylic acids is 1. The summed E-state index contributed by atoms with van der Waals surface area (Å²) in [6, 6.07) is 7.81. The molecule has 5 heteroatoms. The predicted molar refractivity (Wildman–Crippen MR) is 80.5 cm³/mol. The predicted octanol–water partition coefficient (Wildman–Crippen LogP) is 2.20. The van der Waals surface area contributed by atoms with Gasteiger partial charge >= 0.3 is 0 Å². The molecule has 1 aromatic carbocycles. The number of benzene rings is 1. The zero-order valence-corrected chi connectivity index (χ0v) is 11.9. The monoisotopic (exact) mass is 272 g/mol. The minimum Gasteiger partial charge on any atom is -0.356 e. The Labute approximate surface area is 118 Å². The van der Waals surface area contributed by atoms with E-state index in [0.717, 1.165) is 10.9 Å². The number of para-hydroxylation sites is 1. The van der Waals surface area contributed by atoms with Gasteiger partial charge in [-0.15, -0.1) is 0 Å². The van der Waals surface area contributed by atoms with Crippen LogP contribution in [0, 0.1) is 5.92 Å². The number of hydrogen-bond donors (Lipinski definition) is 2. The van der Waals surface area contributed by atoms with Gasteiger partial charge in [0, 0.05) is 31.1 Å². The summed E-state index contributed by atoms with van der Waals surface area (Å²) in [6.07, 6.45) is 2.20. The molecule has 0 aliphatic carbocycles. The normalized spacial score (nSPS) is 10.8. The lowest BCUT2D eigenvalue weighted by atomic mass is 10.2. The van der Waals surface area contributed by atoms with Crippen molar-refractivity contribution in [3.63, 3.8) is 0 Å². The van der Waals surface area contributed by atoms with E-state index in [0.29, 0.717) is 31.4 Å². The second kappa shape index (κ2) is 6.84. The van der Waals surface area contributed by atoms with E-state index in [-0.39, 0.29) is 5.91 Å². The highest BCUT2D eigenvalue weighted by Crippen LogP contribution is 2.11. The van der Waals surface area contributed by atoms with Crippen LogP contribution in [-0.4, -0.2) is 29.0 Å². The first-order chi connectivity index (χ1) is 9.65.